The van der Waals surface area contributed by atoms with E-state index in [1.165, 1.54) is 0 Å². The van der Waals surface area contributed by atoms with Crippen molar-refractivity contribution in [1.29, 1.82) is 0 Å². The molecule has 5 heteroatoms. The lowest BCUT2D eigenvalue weighted by Crippen LogP contribution is -2.48. The number of carbonyl (C=O) groups excluding carboxylic acids is 1. The van der Waals surface area contributed by atoms with Crippen LogP contribution in [0, 0.1) is 6.92 Å². The van der Waals surface area contributed by atoms with Crippen molar-refractivity contribution in [3.05, 3.63) is 20.3 Å². The van der Waals surface area contributed by atoms with Crippen LogP contribution in [0.3, 0.4) is 0 Å². The Balaban J connectivity index is 2.82. The minimum atomic E-state index is -0.369. The molecule has 3 N–H and O–H groups in total. The molecule has 0 aliphatic rings. The van der Waals surface area contributed by atoms with Gasteiger partial charge in [0.05, 0.1) is 9.35 Å². The van der Waals surface area contributed by atoms with Gasteiger partial charge in [-0.05, 0) is 42.8 Å². The van der Waals surface area contributed by atoms with Gasteiger partial charge in [-0.15, -0.1) is 11.3 Å². The maximum Gasteiger partial charge on any atom is 0.253 e. The highest BCUT2D eigenvalue weighted by atomic mass is 79.9. The monoisotopic (exact) mass is 290 g/mol. The standard InChI is InChI=1S/C10H15BrN2OS/c1-6-4-7(8(11)15-6)9(14)13-10(2,3)5-12/h4H,5,12H2,1-3H3,(H,13,14). The Hall–Kier alpha value is -0.390. The van der Waals surface area contributed by atoms with E-state index in [0.717, 1.165) is 8.66 Å². The van der Waals surface area contributed by atoms with Crippen LogP contribution in [0.15, 0.2) is 9.85 Å². The number of rotatable bonds is 3. The summed E-state index contributed by atoms with van der Waals surface area (Å²) < 4.78 is 0.866. The number of nitrogens with one attached hydrogen (secondary N) is 1. The Kier molecular flexibility index (Phi) is 3.92. The molecule has 0 aliphatic heterocycles. The predicted octanol–water partition coefficient (Wildman–Crippen LogP) is 2.29. The van der Waals surface area contributed by atoms with Gasteiger partial charge >= 0.3 is 0 Å². The Bertz CT molecular complexity index is 373. The van der Waals surface area contributed by atoms with E-state index in [4.69, 9.17) is 5.73 Å². The molecule has 0 spiro atoms. The van der Waals surface area contributed by atoms with Crippen LogP contribution in [-0.4, -0.2) is 18.0 Å². The van der Waals surface area contributed by atoms with Gasteiger partial charge in [0.25, 0.3) is 5.91 Å². The van der Waals surface area contributed by atoms with Crippen LogP contribution < -0.4 is 11.1 Å². The summed E-state index contributed by atoms with van der Waals surface area (Å²) in [5.41, 5.74) is 5.86. The highest BCUT2D eigenvalue weighted by Gasteiger charge is 2.21. The molecule has 15 heavy (non-hydrogen) atoms. The number of hydrogen-bond acceptors (Lipinski definition) is 3. The van der Waals surface area contributed by atoms with E-state index in [9.17, 15) is 4.79 Å². The first kappa shape index (κ1) is 12.7. The molecule has 0 aromatic carbocycles. The Morgan fingerprint density at radius 3 is 2.67 bits per heavy atom. The van der Waals surface area contributed by atoms with Crippen molar-refractivity contribution in [2.45, 2.75) is 26.3 Å². The second-order valence-electron chi connectivity index (χ2n) is 4.09. The Labute approximate surface area is 102 Å². The van der Waals surface area contributed by atoms with Crippen molar-refractivity contribution in [2.75, 3.05) is 6.54 Å². The average molecular weight is 291 g/mol. The number of carbonyl (C=O) groups is 1. The molecule has 0 saturated heterocycles. The normalized spacial score (nSPS) is 11.5. The lowest BCUT2D eigenvalue weighted by molar-refractivity contribution is 0.0915. The van der Waals surface area contributed by atoms with Crippen LogP contribution in [0.5, 0.6) is 0 Å². The van der Waals surface area contributed by atoms with E-state index in [-0.39, 0.29) is 11.4 Å². The zero-order valence-corrected chi connectivity index (χ0v) is 11.5. The first-order valence-corrected chi connectivity index (χ1v) is 6.25. The second kappa shape index (κ2) is 4.63. The summed E-state index contributed by atoms with van der Waals surface area (Å²) in [7, 11) is 0. The first-order valence-electron chi connectivity index (χ1n) is 4.64. The van der Waals surface area contributed by atoms with E-state index in [1.807, 2.05) is 26.8 Å². The molecule has 1 aromatic heterocycles. The molecule has 0 radical (unpaired) electrons. The third-order valence-electron chi connectivity index (χ3n) is 2.02. The van der Waals surface area contributed by atoms with Gasteiger partial charge in [0.1, 0.15) is 0 Å². The molecule has 0 atom stereocenters. The highest BCUT2D eigenvalue weighted by Crippen LogP contribution is 2.27. The molecule has 0 unspecified atom stereocenters. The number of amides is 1. The lowest BCUT2D eigenvalue weighted by atomic mass is 10.1. The van der Waals surface area contributed by atoms with Crippen molar-refractivity contribution in [3.8, 4) is 0 Å². The molecule has 0 saturated carbocycles. The largest absolute Gasteiger partial charge is 0.346 e. The minimum absolute atomic E-state index is 0.0818. The smallest absolute Gasteiger partial charge is 0.253 e. The lowest BCUT2D eigenvalue weighted by Gasteiger charge is -2.23. The number of nitrogens with two attached hydrogens (primary N) is 1. The minimum Gasteiger partial charge on any atom is -0.346 e. The summed E-state index contributed by atoms with van der Waals surface area (Å²) in [6.07, 6.45) is 0. The fourth-order valence-electron chi connectivity index (χ4n) is 1.07. The maximum atomic E-state index is 11.9. The third-order valence-corrected chi connectivity index (χ3v) is 3.77. The molecular weight excluding hydrogens is 276 g/mol. The van der Waals surface area contributed by atoms with Crippen LogP contribution in [0.1, 0.15) is 29.1 Å². The van der Waals surface area contributed by atoms with E-state index in [2.05, 4.69) is 21.2 Å². The zero-order chi connectivity index (χ0) is 11.6. The number of aryl methyl sites for hydroxylation is 1. The zero-order valence-electron chi connectivity index (χ0n) is 9.06. The van der Waals surface area contributed by atoms with E-state index < -0.39 is 0 Å². The second-order valence-corrected chi connectivity index (χ2v) is 6.66. The molecule has 1 heterocycles. The van der Waals surface area contributed by atoms with Crippen LogP contribution in [0.4, 0.5) is 0 Å². The maximum absolute atomic E-state index is 11.9. The first-order chi connectivity index (χ1) is 6.85. The van der Waals surface area contributed by atoms with Crippen molar-refractivity contribution >= 4 is 33.2 Å². The number of halogens is 1. The van der Waals surface area contributed by atoms with Gasteiger partial charge in [-0.25, -0.2) is 0 Å². The highest BCUT2D eigenvalue weighted by molar-refractivity contribution is 9.11. The Morgan fingerprint density at radius 2 is 2.27 bits per heavy atom. The molecule has 1 amide bonds. The summed E-state index contributed by atoms with van der Waals surface area (Å²) >= 11 is 4.93. The topological polar surface area (TPSA) is 55.1 Å². The molecule has 3 nitrogen and oxygen atoms in total. The van der Waals surface area contributed by atoms with Gasteiger partial charge in [-0.2, -0.15) is 0 Å². The van der Waals surface area contributed by atoms with Crippen molar-refractivity contribution in [3.63, 3.8) is 0 Å². The number of thiophene rings is 1. The van der Waals surface area contributed by atoms with Crippen LogP contribution in [0.2, 0.25) is 0 Å². The fraction of sp³-hybridized carbons (Fsp3) is 0.500. The summed E-state index contributed by atoms with van der Waals surface area (Å²) in [4.78, 5) is 13.0. The van der Waals surface area contributed by atoms with Gasteiger partial charge in [0.15, 0.2) is 0 Å². The summed E-state index contributed by atoms with van der Waals surface area (Å²) in [5.74, 6) is -0.0818. The van der Waals surface area contributed by atoms with Gasteiger partial charge < -0.3 is 11.1 Å². The quantitative estimate of drug-likeness (QED) is 0.897. The van der Waals surface area contributed by atoms with E-state index in [0.29, 0.717) is 12.1 Å². The van der Waals surface area contributed by atoms with Gasteiger partial charge in [-0.3, -0.25) is 4.79 Å². The molecule has 0 bridgehead atoms. The summed E-state index contributed by atoms with van der Waals surface area (Å²) in [5, 5.41) is 2.89. The van der Waals surface area contributed by atoms with Crippen LogP contribution in [-0.2, 0) is 0 Å². The molecule has 0 aliphatic carbocycles. The fourth-order valence-corrected chi connectivity index (χ4v) is 2.85. The third kappa shape index (κ3) is 3.29. The molecule has 0 fully saturated rings. The average Bonchev–Trinajstić information content (AvgIpc) is 2.45. The van der Waals surface area contributed by atoms with Crippen molar-refractivity contribution in [1.82, 2.24) is 5.32 Å². The Morgan fingerprint density at radius 1 is 1.67 bits per heavy atom. The summed E-state index contributed by atoms with van der Waals surface area (Å²) in [6, 6.07) is 1.87. The van der Waals surface area contributed by atoms with Gasteiger partial charge in [0.2, 0.25) is 0 Å². The molecule has 1 rings (SSSR count). The van der Waals surface area contributed by atoms with Gasteiger partial charge in [0, 0.05) is 17.0 Å². The van der Waals surface area contributed by atoms with E-state index in [1.54, 1.807) is 11.3 Å². The number of hydrogen-bond donors (Lipinski definition) is 2. The molecular formula is C10H15BrN2OS. The van der Waals surface area contributed by atoms with Crippen LogP contribution >= 0.6 is 27.3 Å². The SMILES string of the molecule is Cc1cc(C(=O)NC(C)(C)CN)c(Br)s1. The van der Waals surface area contributed by atoms with Crippen LogP contribution in [0.25, 0.3) is 0 Å². The summed E-state index contributed by atoms with van der Waals surface area (Å²) in [6.45, 7) is 6.19. The van der Waals surface area contributed by atoms with E-state index >= 15 is 0 Å². The van der Waals surface area contributed by atoms with Gasteiger partial charge in [-0.1, -0.05) is 0 Å². The molecule has 84 valence electrons. The predicted molar refractivity (Wildman–Crippen MR) is 67.4 cm³/mol. The van der Waals surface area contributed by atoms with Crippen molar-refractivity contribution < 1.29 is 4.79 Å². The van der Waals surface area contributed by atoms with Crippen molar-refractivity contribution in [2.24, 2.45) is 5.73 Å². The molecule has 1 aromatic rings.